The Kier molecular flexibility index (Phi) is 9.85. The third-order valence-electron chi connectivity index (χ3n) is 5.46. The fraction of sp³-hybridized carbons (Fsp3) is 0.727. The molecule has 26 heavy (non-hydrogen) atoms. The molecule has 1 aliphatic carbocycles. The van der Waals surface area contributed by atoms with Crippen LogP contribution in [0.15, 0.2) is 24.3 Å². The normalized spacial score (nSPS) is 21.6. The van der Waals surface area contributed by atoms with Crippen molar-refractivity contribution in [1.82, 2.24) is 0 Å². The molecule has 0 amide bonds. The van der Waals surface area contributed by atoms with Crippen LogP contribution in [0.2, 0.25) is 0 Å². The first-order valence-electron chi connectivity index (χ1n) is 10.1. The molecule has 0 unspecified atom stereocenters. The molecule has 148 valence electrons. The zero-order valence-electron chi connectivity index (χ0n) is 16.6. The van der Waals surface area contributed by atoms with Gasteiger partial charge in [0.1, 0.15) is 0 Å². The Hall–Kier alpha value is -1.42. The number of hydrogen-bond donors (Lipinski definition) is 2. The van der Waals surface area contributed by atoms with Gasteiger partial charge < -0.3 is 10.2 Å². The van der Waals surface area contributed by atoms with Crippen molar-refractivity contribution < 1.29 is 19.8 Å². The maximum Gasteiger partial charge on any atom is 0.303 e. The van der Waals surface area contributed by atoms with Gasteiger partial charge in [-0.1, -0.05) is 71.1 Å². The van der Waals surface area contributed by atoms with E-state index in [1.165, 1.54) is 0 Å². The van der Waals surface area contributed by atoms with Crippen molar-refractivity contribution in [3.8, 4) is 0 Å². The number of aliphatic carboxylic acids is 1. The van der Waals surface area contributed by atoms with Crippen LogP contribution in [0.25, 0.3) is 0 Å². The van der Waals surface area contributed by atoms with E-state index in [9.17, 15) is 14.7 Å². The number of aliphatic hydroxyl groups excluding tert-OH is 1. The number of rotatable bonds is 13. The summed E-state index contributed by atoms with van der Waals surface area (Å²) in [5, 5.41) is 19.1. The zero-order valence-corrected chi connectivity index (χ0v) is 16.6. The smallest absolute Gasteiger partial charge is 0.303 e. The first kappa shape index (κ1) is 22.6. The van der Waals surface area contributed by atoms with Crippen LogP contribution in [0.1, 0.15) is 78.6 Å². The maximum atomic E-state index is 12.1. The Balaban J connectivity index is 2.45. The van der Waals surface area contributed by atoms with Gasteiger partial charge in [-0.25, -0.2) is 0 Å². The van der Waals surface area contributed by atoms with Gasteiger partial charge >= 0.3 is 5.97 Å². The molecule has 3 atom stereocenters. The summed E-state index contributed by atoms with van der Waals surface area (Å²) in [5.74, 6) is -0.537. The van der Waals surface area contributed by atoms with E-state index in [1.54, 1.807) is 6.08 Å². The van der Waals surface area contributed by atoms with Gasteiger partial charge in [0.25, 0.3) is 0 Å². The summed E-state index contributed by atoms with van der Waals surface area (Å²) < 4.78 is 0. The first-order valence-corrected chi connectivity index (χ1v) is 10.1. The van der Waals surface area contributed by atoms with Gasteiger partial charge in [0, 0.05) is 18.3 Å². The SMILES string of the molecule is CCCCC(C)(C)[C@@H](O)/C=C/[C@H]1C=CC(=O)[C@@H]1CCCCCCC(=O)O. The summed E-state index contributed by atoms with van der Waals surface area (Å²) in [6, 6.07) is 0. The molecule has 0 radical (unpaired) electrons. The first-order chi connectivity index (χ1) is 12.3. The van der Waals surface area contributed by atoms with E-state index in [1.807, 2.05) is 18.2 Å². The standard InChI is InChI=1S/C22H36O4/c1-4-5-16-22(2,3)20(24)15-13-17-12-14-19(23)18(17)10-8-6-7-9-11-21(25)26/h12-15,17-18,20,24H,4-11,16H2,1-3H3,(H,25,26)/b15-13+/t17-,18-,20+/m1/s1. The van der Waals surface area contributed by atoms with Crippen LogP contribution < -0.4 is 0 Å². The number of aliphatic hydroxyl groups is 1. The van der Waals surface area contributed by atoms with Crippen molar-refractivity contribution in [1.29, 1.82) is 0 Å². The van der Waals surface area contributed by atoms with Gasteiger partial charge in [-0.15, -0.1) is 0 Å². The van der Waals surface area contributed by atoms with Crippen molar-refractivity contribution in [2.24, 2.45) is 17.3 Å². The number of unbranched alkanes of at least 4 members (excludes halogenated alkanes) is 4. The Morgan fingerprint density at radius 1 is 1.23 bits per heavy atom. The lowest BCUT2D eigenvalue weighted by Gasteiger charge is -2.29. The molecule has 0 fully saturated rings. The molecule has 0 aromatic heterocycles. The molecule has 0 saturated carbocycles. The van der Waals surface area contributed by atoms with E-state index in [2.05, 4.69) is 20.8 Å². The van der Waals surface area contributed by atoms with Crippen molar-refractivity contribution in [2.75, 3.05) is 0 Å². The van der Waals surface area contributed by atoms with Crippen LogP contribution in [0.4, 0.5) is 0 Å². The van der Waals surface area contributed by atoms with Gasteiger partial charge in [-0.05, 0) is 30.8 Å². The number of carboxylic acid groups (broad SMARTS) is 1. The monoisotopic (exact) mass is 364 g/mol. The second-order valence-electron chi connectivity index (χ2n) is 8.21. The Labute approximate surface area is 158 Å². The lowest BCUT2D eigenvalue weighted by molar-refractivity contribution is -0.137. The molecule has 0 aliphatic heterocycles. The van der Waals surface area contributed by atoms with E-state index in [0.717, 1.165) is 44.9 Å². The fourth-order valence-electron chi connectivity index (χ4n) is 3.45. The van der Waals surface area contributed by atoms with Crippen molar-refractivity contribution in [2.45, 2.75) is 84.7 Å². The molecule has 0 bridgehead atoms. The molecule has 2 N–H and O–H groups in total. The molecule has 0 saturated heterocycles. The van der Waals surface area contributed by atoms with Crippen LogP contribution in [-0.4, -0.2) is 28.1 Å². The van der Waals surface area contributed by atoms with Gasteiger partial charge in [-0.2, -0.15) is 0 Å². The highest BCUT2D eigenvalue weighted by molar-refractivity contribution is 5.94. The van der Waals surface area contributed by atoms with Crippen LogP contribution in [0, 0.1) is 17.3 Å². The second-order valence-corrected chi connectivity index (χ2v) is 8.21. The summed E-state index contributed by atoms with van der Waals surface area (Å²) in [7, 11) is 0. The van der Waals surface area contributed by atoms with E-state index < -0.39 is 12.1 Å². The van der Waals surface area contributed by atoms with E-state index >= 15 is 0 Å². The minimum absolute atomic E-state index is 0.0309. The highest BCUT2D eigenvalue weighted by atomic mass is 16.4. The summed E-state index contributed by atoms with van der Waals surface area (Å²) in [5.41, 5.74) is -0.154. The summed E-state index contributed by atoms with van der Waals surface area (Å²) in [6.07, 6.45) is 14.7. The minimum atomic E-state index is -0.745. The second kappa shape index (κ2) is 11.3. The average molecular weight is 365 g/mol. The Morgan fingerprint density at radius 3 is 2.58 bits per heavy atom. The summed E-state index contributed by atoms with van der Waals surface area (Å²) in [4.78, 5) is 22.6. The number of allylic oxidation sites excluding steroid dienone is 3. The van der Waals surface area contributed by atoms with Crippen LogP contribution >= 0.6 is 0 Å². The molecular formula is C22H36O4. The van der Waals surface area contributed by atoms with Crippen molar-refractivity contribution in [3.63, 3.8) is 0 Å². The molecule has 4 nitrogen and oxygen atoms in total. The minimum Gasteiger partial charge on any atom is -0.481 e. The van der Waals surface area contributed by atoms with Gasteiger partial charge in [0.2, 0.25) is 0 Å². The zero-order chi connectivity index (χ0) is 19.6. The van der Waals surface area contributed by atoms with Crippen molar-refractivity contribution >= 4 is 11.8 Å². The molecule has 0 aromatic carbocycles. The summed E-state index contributed by atoms with van der Waals surface area (Å²) >= 11 is 0. The average Bonchev–Trinajstić information content (AvgIpc) is 2.93. The third-order valence-corrected chi connectivity index (χ3v) is 5.46. The lowest BCUT2D eigenvalue weighted by atomic mass is 9.80. The number of ketones is 1. The number of hydrogen-bond acceptors (Lipinski definition) is 3. The van der Waals surface area contributed by atoms with Crippen LogP contribution in [0.5, 0.6) is 0 Å². The van der Waals surface area contributed by atoms with E-state index in [4.69, 9.17) is 5.11 Å². The number of carbonyl (C=O) groups is 2. The molecule has 0 heterocycles. The van der Waals surface area contributed by atoms with Gasteiger partial charge in [-0.3, -0.25) is 9.59 Å². The highest BCUT2D eigenvalue weighted by Gasteiger charge is 2.29. The molecule has 1 rings (SSSR count). The molecular weight excluding hydrogens is 328 g/mol. The quantitative estimate of drug-likeness (QED) is 0.359. The molecule has 0 aromatic rings. The lowest BCUT2D eigenvalue weighted by Crippen LogP contribution is -2.27. The third kappa shape index (κ3) is 7.86. The molecule has 0 spiro atoms. The molecule has 4 heteroatoms. The van der Waals surface area contributed by atoms with Crippen molar-refractivity contribution in [3.05, 3.63) is 24.3 Å². The van der Waals surface area contributed by atoms with Gasteiger partial charge in [0.15, 0.2) is 5.78 Å². The fourth-order valence-corrected chi connectivity index (χ4v) is 3.45. The Bertz CT molecular complexity index is 504. The maximum absolute atomic E-state index is 12.1. The van der Waals surface area contributed by atoms with Gasteiger partial charge in [0.05, 0.1) is 6.10 Å². The molecule has 1 aliphatic rings. The van der Waals surface area contributed by atoms with Crippen LogP contribution in [-0.2, 0) is 9.59 Å². The topological polar surface area (TPSA) is 74.6 Å². The van der Waals surface area contributed by atoms with Crippen LogP contribution in [0.3, 0.4) is 0 Å². The van der Waals surface area contributed by atoms with E-state index in [0.29, 0.717) is 6.42 Å². The predicted molar refractivity (Wildman–Crippen MR) is 105 cm³/mol. The number of carbonyl (C=O) groups excluding carboxylic acids is 1. The predicted octanol–water partition coefficient (Wildman–Crippen LogP) is 4.92. The van der Waals surface area contributed by atoms with E-state index in [-0.39, 0.29) is 29.5 Å². The largest absolute Gasteiger partial charge is 0.481 e. The summed E-state index contributed by atoms with van der Waals surface area (Å²) in [6.45, 7) is 6.32. The highest BCUT2D eigenvalue weighted by Crippen LogP contribution is 2.32. The Morgan fingerprint density at radius 2 is 1.92 bits per heavy atom. The number of carboxylic acids is 1.